The Labute approximate surface area is 153 Å². The van der Waals surface area contributed by atoms with Gasteiger partial charge in [-0.25, -0.2) is 4.98 Å². The van der Waals surface area contributed by atoms with Crippen LogP contribution in [0.25, 0.3) is 10.9 Å². The second-order valence-corrected chi connectivity index (χ2v) is 7.03. The number of fused-ring (bicyclic) bond motifs is 1. The summed E-state index contributed by atoms with van der Waals surface area (Å²) in [5, 5.41) is 3.33. The molecule has 0 fully saturated rings. The van der Waals surface area contributed by atoms with Crippen LogP contribution in [0.15, 0.2) is 51.7 Å². The van der Waals surface area contributed by atoms with Crippen LogP contribution in [0.3, 0.4) is 0 Å². The van der Waals surface area contributed by atoms with E-state index < -0.39 is 0 Å². The summed E-state index contributed by atoms with van der Waals surface area (Å²) in [6.07, 6.45) is 0.991. The van der Waals surface area contributed by atoms with E-state index in [-0.39, 0.29) is 5.56 Å². The first-order valence-electron chi connectivity index (χ1n) is 7.84. The van der Waals surface area contributed by atoms with Gasteiger partial charge >= 0.3 is 0 Å². The predicted molar refractivity (Wildman–Crippen MR) is 100 cm³/mol. The van der Waals surface area contributed by atoms with E-state index in [1.165, 1.54) is 5.56 Å². The number of H-pyrrole nitrogens is 1. The number of aromatic nitrogens is 2. The zero-order chi connectivity index (χ0) is 17.1. The van der Waals surface area contributed by atoms with Crippen molar-refractivity contribution in [3.8, 4) is 0 Å². The van der Waals surface area contributed by atoms with Crippen molar-refractivity contribution in [3.63, 3.8) is 0 Å². The van der Waals surface area contributed by atoms with Crippen molar-refractivity contribution in [3.05, 3.63) is 73.7 Å². The summed E-state index contributed by atoms with van der Waals surface area (Å²) >= 11 is 9.46. The van der Waals surface area contributed by atoms with E-state index >= 15 is 0 Å². The number of hydrogen-bond acceptors (Lipinski definition) is 2. The van der Waals surface area contributed by atoms with Crippen molar-refractivity contribution >= 4 is 38.4 Å². The third-order valence-electron chi connectivity index (χ3n) is 4.05. The van der Waals surface area contributed by atoms with Crippen LogP contribution in [0.5, 0.6) is 0 Å². The highest BCUT2D eigenvalue weighted by molar-refractivity contribution is 9.10. The van der Waals surface area contributed by atoms with Crippen LogP contribution in [-0.2, 0) is 6.54 Å². The summed E-state index contributed by atoms with van der Waals surface area (Å²) in [7, 11) is 0. The topological polar surface area (TPSA) is 62.4 Å². The molecule has 0 unspecified atom stereocenters. The predicted octanol–water partition coefficient (Wildman–Crippen LogP) is 3.55. The standard InChI is InChI=1S/C18H17BrClN3O/c1-2-15(11-3-5-12(19)6-4-11)21-10-17-22-16-9-13(20)7-8-14(16)18(24)23-17/h3-9,15,21H,2,10H2,1H3,(H,22,23,24)/p+1/t15-/m0/s1. The van der Waals surface area contributed by atoms with Gasteiger partial charge in [0.25, 0.3) is 5.56 Å². The van der Waals surface area contributed by atoms with Gasteiger partial charge in [-0.15, -0.1) is 0 Å². The number of halogens is 2. The smallest absolute Gasteiger partial charge is 0.258 e. The summed E-state index contributed by atoms with van der Waals surface area (Å²) in [5.74, 6) is 0.658. The molecular formula is C18H18BrClN3O+. The molecule has 0 spiro atoms. The van der Waals surface area contributed by atoms with Gasteiger partial charge < -0.3 is 10.3 Å². The van der Waals surface area contributed by atoms with Crippen LogP contribution < -0.4 is 10.9 Å². The number of aromatic amines is 1. The lowest BCUT2D eigenvalue weighted by Gasteiger charge is -2.14. The highest BCUT2D eigenvalue weighted by Gasteiger charge is 2.14. The third-order valence-corrected chi connectivity index (χ3v) is 4.82. The Hall–Kier alpha value is -1.69. The highest BCUT2D eigenvalue weighted by Crippen LogP contribution is 2.17. The Balaban J connectivity index is 1.81. The normalized spacial score (nSPS) is 12.5. The van der Waals surface area contributed by atoms with E-state index in [4.69, 9.17) is 11.6 Å². The number of nitrogens with two attached hydrogens (primary N) is 1. The molecule has 3 N–H and O–H groups in total. The van der Waals surface area contributed by atoms with Gasteiger partial charge in [0, 0.05) is 21.5 Å². The minimum Gasteiger partial charge on any atom is -0.334 e. The Morgan fingerprint density at radius 3 is 2.71 bits per heavy atom. The summed E-state index contributed by atoms with van der Waals surface area (Å²) < 4.78 is 1.07. The molecule has 0 aliphatic rings. The third kappa shape index (κ3) is 3.86. The lowest BCUT2D eigenvalue weighted by Crippen LogP contribution is -2.83. The first kappa shape index (κ1) is 17.1. The van der Waals surface area contributed by atoms with Crippen LogP contribution >= 0.6 is 27.5 Å². The van der Waals surface area contributed by atoms with Gasteiger partial charge in [0.2, 0.25) is 0 Å². The van der Waals surface area contributed by atoms with E-state index in [0.717, 1.165) is 10.9 Å². The lowest BCUT2D eigenvalue weighted by molar-refractivity contribution is -0.712. The maximum Gasteiger partial charge on any atom is 0.258 e. The van der Waals surface area contributed by atoms with Gasteiger partial charge in [-0.1, -0.05) is 46.6 Å². The highest BCUT2D eigenvalue weighted by atomic mass is 79.9. The van der Waals surface area contributed by atoms with Gasteiger partial charge in [0.15, 0.2) is 5.82 Å². The minimum atomic E-state index is -0.128. The number of hydrogen-bond donors (Lipinski definition) is 2. The Morgan fingerprint density at radius 2 is 2.00 bits per heavy atom. The van der Waals surface area contributed by atoms with Crippen LogP contribution in [0.4, 0.5) is 0 Å². The van der Waals surface area contributed by atoms with Gasteiger partial charge in [0.1, 0.15) is 12.6 Å². The van der Waals surface area contributed by atoms with Crippen LogP contribution in [-0.4, -0.2) is 9.97 Å². The van der Waals surface area contributed by atoms with Crippen molar-refractivity contribution < 1.29 is 5.32 Å². The van der Waals surface area contributed by atoms with Crippen molar-refractivity contribution in [1.82, 2.24) is 9.97 Å². The molecule has 0 radical (unpaired) electrons. The fraction of sp³-hybridized carbons (Fsp3) is 0.222. The quantitative estimate of drug-likeness (QED) is 0.679. The molecule has 4 nitrogen and oxygen atoms in total. The number of nitrogens with zero attached hydrogens (tertiary/aromatic N) is 1. The average Bonchev–Trinajstić information content (AvgIpc) is 2.56. The summed E-state index contributed by atoms with van der Waals surface area (Å²) in [6.45, 7) is 2.76. The average molecular weight is 408 g/mol. The van der Waals surface area contributed by atoms with Crippen molar-refractivity contribution in [2.75, 3.05) is 0 Å². The van der Waals surface area contributed by atoms with E-state index in [9.17, 15) is 4.79 Å². The fourth-order valence-electron chi connectivity index (χ4n) is 2.76. The Kier molecular flexibility index (Phi) is 5.33. The van der Waals surface area contributed by atoms with E-state index in [2.05, 4.69) is 50.3 Å². The zero-order valence-corrected chi connectivity index (χ0v) is 15.6. The van der Waals surface area contributed by atoms with Crippen LogP contribution in [0.1, 0.15) is 30.8 Å². The number of nitrogens with one attached hydrogen (secondary N) is 1. The van der Waals surface area contributed by atoms with Gasteiger partial charge in [0.05, 0.1) is 10.9 Å². The zero-order valence-electron chi connectivity index (χ0n) is 13.2. The van der Waals surface area contributed by atoms with E-state index in [1.807, 2.05) is 12.1 Å². The minimum absolute atomic E-state index is 0.128. The van der Waals surface area contributed by atoms with Crippen molar-refractivity contribution in [2.24, 2.45) is 0 Å². The monoisotopic (exact) mass is 406 g/mol. The summed E-state index contributed by atoms with van der Waals surface area (Å²) in [4.78, 5) is 19.6. The van der Waals surface area contributed by atoms with Gasteiger partial charge in [-0.3, -0.25) is 4.79 Å². The molecule has 3 rings (SSSR count). The van der Waals surface area contributed by atoms with E-state index in [0.29, 0.717) is 34.3 Å². The Morgan fingerprint density at radius 1 is 1.25 bits per heavy atom. The second kappa shape index (κ2) is 7.47. The van der Waals surface area contributed by atoms with E-state index in [1.54, 1.807) is 18.2 Å². The molecule has 6 heteroatoms. The molecule has 1 heterocycles. The number of rotatable bonds is 5. The molecule has 0 amide bonds. The van der Waals surface area contributed by atoms with Crippen LogP contribution in [0, 0.1) is 0 Å². The SMILES string of the molecule is CC[C@H]([NH2+]Cc1nc2cc(Cl)ccc2c(=O)[nH]1)c1ccc(Br)cc1. The van der Waals surface area contributed by atoms with Crippen LogP contribution in [0.2, 0.25) is 5.02 Å². The molecular weight excluding hydrogens is 390 g/mol. The maximum atomic E-state index is 12.2. The van der Waals surface area contributed by atoms with Crippen molar-refractivity contribution in [1.29, 1.82) is 0 Å². The summed E-state index contributed by atoms with van der Waals surface area (Å²) in [5.41, 5.74) is 1.76. The molecule has 0 aliphatic heterocycles. The number of benzene rings is 2. The molecule has 0 saturated carbocycles. The lowest BCUT2D eigenvalue weighted by atomic mass is 10.0. The molecule has 2 aromatic carbocycles. The maximum absolute atomic E-state index is 12.2. The molecule has 3 aromatic rings. The number of quaternary nitrogens is 1. The first-order chi connectivity index (χ1) is 11.6. The molecule has 0 saturated heterocycles. The summed E-state index contributed by atoms with van der Waals surface area (Å²) in [6, 6.07) is 13.8. The van der Waals surface area contributed by atoms with Gasteiger partial charge in [-0.05, 0) is 30.3 Å². The second-order valence-electron chi connectivity index (χ2n) is 5.68. The largest absolute Gasteiger partial charge is 0.334 e. The Bertz CT molecular complexity index is 908. The van der Waals surface area contributed by atoms with Crippen molar-refractivity contribution in [2.45, 2.75) is 25.9 Å². The molecule has 0 bridgehead atoms. The molecule has 1 aromatic heterocycles. The molecule has 124 valence electrons. The molecule has 24 heavy (non-hydrogen) atoms. The van der Waals surface area contributed by atoms with Gasteiger partial charge in [-0.2, -0.15) is 0 Å². The fourth-order valence-corrected chi connectivity index (χ4v) is 3.19. The first-order valence-corrected chi connectivity index (χ1v) is 9.01. The molecule has 0 aliphatic carbocycles. The molecule has 1 atom stereocenters.